The van der Waals surface area contributed by atoms with E-state index >= 15 is 0 Å². The summed E-state index contributed by atoms with van der Waals surface area (Å²) in [6.07, 6.45) is 0.450. The lowest BCUT2D eigenvalue weighted by Gasteiger charge is -2.44. The largest absolute Gasteiger partial charge is 0.445 e. The highest BCUT2D eigenvalue weighted by molar-refractivity contribution is 7.80. The maximum Gasteiger partial charge on any atom is 0.410 e. The number of nitrogens with zero attached hydrogens (tertiary/aromatic N) is 4. The standard InChI is InChI=1S/C32H35N5O3S/c1-22(2)28-20-35(30-33-27-12-6-7-14-29(27)40-30)17-18-37(28)31(41)34-26-13-8-11-24-19-36(16-15-25(24)26)32(38)39-21-23-9-4-3-5-10-23/h3-14,22,28H,15-21H2,1-2H3,(H,34,41). The molecule has 0 spiro atoms. The van der Waals surface area contributed by atoms with E-state index in [4.69, 9.17) is 26.4 Å². The van der Waals surface area contributed by atoms with E-state index in [1.54, 1.807) is 4.90 Å². The lowest BCUT2D eigenvalue weighted by molar-refractivity contribution is 0.0919. The number of benzene rings is 3. The second-order valence-corrected chi connectivity index (χ2v) is 11.4. The molecule has 1 N–H and O–H groups in total. The van der Waals surface area contributed by atoms with Gasteiger partial charge in [0.25, 0.3) is 6.01 Å². The summed E-state index contributed by atoms with van der Waals surface area (Å²) >= 11 is 5.98. The minimum absolute atomic E-state index is 0.202. The first-order valence-electron chi connectivity index (χ1n) is 14.2. The molecule has 41 heavy (non-hydrogen) atoms. The quantitative estimate of drug-likeness (QED) is 0.291. The van der Waals surface area contributed by atoms with Gasteiger partial charge in [0.15, 0.2) is 10.7 Å². The number of nitrogens with one attached hydrogen (secondary N) is 1. The van der Waals surface area contributed by atoms with Crippen LogP contribution in [0.5, 0.6) is 0 Å². The molecule has 0 radical (unpaired) electrons. The van der Waals surface area contributed by atoms with E-state index in [9.17, 15) is 4.79 Å². The molecule has 0 aliphatic carbocycles. The van der Waals surface area contributed by atoms with E-state index in [-0.39, 0.29) is 18.7 Å². The first-order chi connectivity index (χ1) is 20.0. The Morgan fingerprint density at radius 3 is 2.66 bits per heavy atom. The zero-order chi connectivity index (χ0) is 28.3. The number of oxazole rings is 1. The highest BCUT2D eigenvalue weighted by Crippen LogP contribution is 2.29. The third-order valence-electron chi connectivity index (χ3n) is 7.97. The normalized spacial score (nSPS) is 17.0. The number of para-hydroxylation sites is 2. The molecule has 4 aromatic rings. The van der Waals surface area contributed by atoms with Crippen LogP contribution in [0.25, 0.3) is 11.1 Å². The van der Waals surface area contributed by atoms with Crippen LogP contribution in [0.4, 0.5) is 16.5 Å². The predicted molar refractivity (Wildman–Crippen MR) is 165 cm³/mol. The number of thiocarbonyl (C=S) groups is 1. The number of amides is 1. The average molecular weight is 570 g/mol. The molecule has 1 amide bonds. The van der Waals surface area contributed by atoms with E-state index < -0.39 is 0 Å². The van der Waals surface area contributed by atoms with Crippen molar-refractivity contribution in [3.8, 4) is 0 Å². The van der Waals surface area contributed by atoms with Crippen molar-refractivity contribution < 1.29 is 13.9 Å². The number of carbonyl (C=O) groups excluding carboxylic acids is 1. The first kappa shape index (κ1) is 27.1. The number of carbonyl (C=O) groups is 1. The molecule has 1 aromatic heterocycles. The number of hydrogen-bond donors (Lipinski definition) is 1. The third kappa shape index (κ3) is 5.86. The molecule has 8 nitrogen and oxygen atoms in total. The van der Waals surface area contributed by atoms with Crippen molar-refractivity contribution in [1.29, 1.82) is 0 Å². The van der Waals surface area contributed by atoms with Crippen LogP contribution in [-0.2, 0) is 24.3 Å². The molecule has 3 aromatic carbocycles. The Morgan fingerprint density at radius 1 is 1.05 bits per heavy atom. The Hall–Kier alpha value is -4.11. The van der Waals surface area contributed by atoms with Crippen LogP contribution in [0.3, 0.4) is 0 Å². The molecule has 2 aliphatic heterocycles. The number of aromatic nitrogens is 1. The molecule has 0 bridgehead atoms. The van der Waals surface area contributed by atoms with Gasteiger partial charge in [0, 0.05) is 38.4 Å². The smallest absolute Gasteiger partial charge is 0.410 e. The van der Waals surface area contributed by atoms with Crippen LogP contribution in [0.1, 0.15) is 30.5 Å². The van der Waals surface area contributed by atoms with Crippen molar-refractivity contribution in [1.82, 2.24) is 14.8 Å². The van der Waals surface area contributed by atoms with Gasteiger partial charge >= 0.3 is 6.09 Å². The fourth-order valence-electron chi connectivity index (χ4n) is 5.68. The van der Waals surface area contributed by atoms with Crippen molar-refractivity contribution in [3.63, 3.8) is 0 Å². The molecule has 6 rings (SSSR count). The van der Waals surface area contributed by atoms with Gasteiger partial charge < -0.3 is 29.2 Å². The topological polar surface area (TPSA) is 74.1 Å². The number of rotatable bonds is 5. The Kier molecular flexibility index (Phi) is 7.78. The predicted octanol–water partition coefficient (Wildman–Crippen LogP) is 6.07. The van der Waals surface area contributed by atoms with Gasteiger partial charge in [-0.2, -0.15) is 4.98 Å². The molecule has 1 fully saturated rings. The van der Waals surface area contributed by atoms with Gasteiger partial charge in [0.1, 0.15) is 12.1 Å². The van der Waals surface area contributed by atoms with E-state index in [0.717, 1.165) is 59.1 Å². The molecular weight excluding hydrogens is 534 g/mol. The van der Waals surface area contributed by atoms with Crippen molar-refractivity contribution in [2.24, 2.45) is 5.92 Å². The summed E-state index contributed by atoms with van der Waals surface area (Å²) in [4.78, 5) is 23.8. The Labute approximate surface area is 245 Å². The summed E-state index contributed by atoms with van der Waals surface area (Å²) in [5.41, 5.74) is 5.98. The molecule has 212 valence electrons. The summed E-state index contributed by atoms with van der Waals surface area (Å²) in [6.45, 7) is 8.16. The van der Waals surface area contributed by atoms with E-state index in [0.29, 0.717) is 25.0 Å². The van der Waals surface area contributed by atoms with Gasteiger partial charge in [-0.25, -0.2) is 4.79 Å². The van der Waals surface area contributed by atoms with Crippen LogP contribution in [0, 0.1) is 5.92 Å². The molecule has 9 heteroatoms. The number of fused-ring (bicyclic) bond motifs is 2. The van der Waals surface area contributed by atoms with Crippen molar-refractivity contribution >= 4 is 46.2 Å². The second-order valence-electron chi connectivity index (χ2n) is 11.0. The molecular formula is C32H35N5O3S. The van der Waals surface area contributed by atoms with Crippen LogP contribution < -0.4 is 10.2 Å². The summed E-state index contributed by atoms with van der Waals surface area (Å²) in [5.74, 6) is 0.377. The first-order valence-corrected chi connectivity index (χ1v) is 14.6. The van der Waals surface area contributed by atoms with Gasteiger partial charge in [-0.3, -0.25) is 0 Å². The van der Waals surface area contributed by atoms with Gasteiger partial charge in [-0.15, -0.1) is 0 Å². The van der Waals surface area contributed by atoms with Crippen LogP contribution >= 0.6 is 12.2 Å². The van der Waals surface area contributed by atoms with Crippen LogP contribution in [-0.4, -0.2) is 58.2 Å². The Morgan fingerprint density at radius 2 is 1.85 bits per heavy atom. The zero-order valence-electron chi connectivity index (χ0n) is 23.5. The van der Waals surface area contributed by atoms with Crippen LogP contribution in [0.15, 0.2) is 77.2 Å². The van der Waals surface area contributed by atoms with Gasteiger partial charge in [-0.1, -0.05) is 68.4 Å². The van der Waals surface area contributed by atoms with Gasteiger partial charge in [-0.05, 0) is 59.4 Å². The lowest BCUT2D eigenvalue weighted by atomic mass is 9.97. The molecule has 1 atom stereocenters. The number of hydrogen-bond acceptors (Lipinski definition) is 6. The summed E-state index contributed by atoms with van der Waals surface area (Å²) in [7, 11) is 0. The molecule has 2 aliphatic rings. The zero-order valence-corrected chi connectivity index (χ0v) is 24.3. The minimum atomic E-state index is -0.287. The third-order valence-corrected chi connectivity index (χ3v) is 8.31. The highest BCUT2D eigenvalue weighted by atomic mass is 32.1. The maximum absolute atomic E-state index is 12.8. The lowest BCUT2D eigenvalue weighted by Crippen LogP contribution is -2.58. The summed E-state index contributed by atoms with van der Waals surface area (Å²) in [5, 5.41) is 4.28. The van der Waals surface area contributed by atoms with Gasteiger partial charge in [0.05, 0.1) is 6.04 Å². The monoisotopic (exact) mass is 569 g/mol. The fourth-order valence-corrected chi connectivity index (χ4v) is 6.02. The maximum atomic E-state index is 12.8. The summed E-state index contributed by atoms with van der Waals surface area (Å²) in [6, 6.07) is 24.7. The molecule has 3 heterocycles. The fraction of sp³-hybridized carbons (Fsp3) is 0.344. The van der Waals surface area contributed by atoms with Crippen molar-refractivity contribution in [3.05, 3.63) is 89.5 Å². The van der Waals surface area contributed by atoms with Crippen molar-refractivity contribution in [2.75, 3.05) is 36.4 Å². The Bertz CT molecular complexity index is 1510. The number of piperazine rings is 1. The average Bonchev–Trinajstić information content (AvgIpc) is 3.44. The van der Waals surface area contributed by atoms with E-state index in [1.807, 2.05) is 60.7 Å². The summed E-state index contributed by atoms with van der Waals surface area (Å²) < 4.78 is 11.6. The SMILES string of the molecule is CC(C)C1CN(c2nc3ccccc3o2)CCN1C(=S)Nc1cccc2c1CCN(C(=O)OCc1ccccc1)C2. The van der Waals surface area contributed by atoms with Crippen molar-refractivity contribution in [2.45, 2.75) is 39.5 Å². The minimum Gasteiger partial charge on any atom is -0.445 e. The molecule has 1 saturated heterocycles. The Balaban J connectivity index is 1.10. The van der Waals surface area contributed by atoms with E-state index in [2.05, 4.69) is 41.1 Å². The van der Waals surface area contributed by atoms with E-state index in [1.165, 1.54) is 5.56 Å². The second kappa shape index (κ2) is 11.8. The van der Waals surface area contributed by atoms with Crippen LogP contribution in [0.2, 0.25) is 0 Å². The highest BCUT2D eigenvalue weighted by Gasteiger charge is 2.33. The number of ether oxygens (including phenoxy) is 1. The molecule has 0 saturated carbocycles. The number of anilines is 2. The van der Waals surface area contributed by atoms with Gasteiger partial charge in [0.2, 0.25) is 0 Å². The molecule has 1 unspecified atom stereocenters.